The number of fused-ring (bicyclic) bond motifs is 3. The molecule has 6 heteroatoms. The van der Waals surface area contributed by atoms with E-state index in [0.717, 1.165) is 16.6 Å². The van der Waals surface area contributed by atoms with Gasteiger partial charge in [-0.3, -0.25) is 4.98 Å². The van der Waals surface area contributed by atoms with Gasteiger partial charge in [0.2, 0.25) is 11.7 Å². The van der Waals surface area contributed by atoms with E-state index in [1.807, 2.05) is 25.1 Å². The molecule has 0 radical (unpaired) electrons. The quantitative estimate of drug-likeness (QED) is 0.570. The highest BCUT2D eigenvalue weighted by Gasteiger charge is 2.08. The summed E-state index contributed by atoms with van der Waals surface area (Å²) in [6.07, 6.45) is 0. The van der Waals surface area contributed by atoms with Crippen molar-refractivity contribution in [2.75, 3.05) is 5.73 Å². The van der Waals surface area contributed by atoms with E-state index in [1.54, 1.807) is 0 Å². The van der Waals surface area contributed by atoms with Gasteiger partial charge < -0.3 is 5.73 Å². The van der Waals surface area contributed by atoms with Crippen LogP contribution >= 0.6 is 0 Å². The highest BCUT2D eigenvalue weighted by atomic mass is 16.1. The van der Waals surface area contributed by atoms with Crippen molar-refractivity contribution in [2.45, 2.75) is 6.92 Å². The summed E-state index contributed by atoms with van der Waals surface area (Å²) < 4.78 is 1.41. The maximum absolute atomic E-state index is 11.7. The minimum Gasteiger partial charge on any atom is -0.369 e. The second kappa shape index (κ2) is 2.82. The Morgan fingerprint density at radius 3 is 3.00 bits per heavy atom. The lowest BCUT2D eigenvalue weighted by Gasteiger charge is -1.95. The fourth-order valence-corrected chi connectivity index (χ4v) is 1.75. The monoisotopic (exact) mass is 215 g/mol. The summed E-state index contributed by atoms with van der Waals surface area (Å²) in [6.45, 7) is 1.97. The van der Waals surface area contributed by atoms with Crippen molar-refractivity contribution in [1.29, 1.82) is 0 Å². The van der Waals surface area contributed by atoms with E-state index in [0.29, 0.717) is 5.78 Å². The normalized spacial score (nSPS) is 11.3. The van der Waals surface area contributed by atoms with Gasteiger partial charge in [0.1, 0.15) is 0 Å². The van der Waals surface area contributed by atoms with Gasteiger partial charge in [0.05, 0.1) is 11.0 Å². The number of anilines is 1. The summed E-state index contributed by atoms with van der Waals surface area (Å²) in [7, 11) is 0. The minimum atomic E-state index is -0.325. The van der Waals surface area contributed by atoms with Crippen LogP contribution < -0.4 is 11.4 Å². The molecule has 2 aromatic heterocycles. The Kier molecular flexibility index (Phi) is 1.57. The lowest BCUT2D eigenvalue weighted by Crippen LogP contribution is -2.19. The zero-order chi connectivity index (χ0) is 11.3. The molecule has 0 saturated carbocycles. The molecule has 0 fully saturated rings. The number of rotatable bonds is 0. The molecule has 0 aliphatic carbocycles. The molecule has 16 heavy (non-hydrogen) atoms. The Morgan fingerprint density at radius 2 is 2.19 bits per heavy atom. The molecule has 0 bridgehead atoms. The van der Waals surface area contributed by atoms with E-state index in [2.05, 4.69) is 15.0 Å². The first kappa shape index (κ1) is 8.90. The second-order valence-electron chi connectivity index (χ2n) is 3.67. The van der Waals surface area contributed by atoms with Crippen LogP contribution in [0.1, 0.15) is 5.56 Å². The lowest BCUT2D eigenvalue weighted by atomic mass is 10.2. The smallest absolute Gasteiger partial charge is 0.335 e. The summed E-state index contributed by atoms with van der Waals surface area (Å²) in [5, 5.41) is 0. The Morgan fingerprint density at radius 1 is 1.38 bits per heavy atom. The number of benzene rings is 1. The van der Waals surface area contributed by atoms with Crippen molar-refractivity contribution >= 4 is 22.8 Å². The molecular formula is C10H9N5O. The van der Waals surface area contributed by atoms with E-state index < -0.39 is 0 Å². The van der Waals surface area contributed by atoms with Crippen molar-refractivity contribution in [1.82, 2.24) is 19.4 Å². The molecule has 1 aromatic carbocycles. The van der Waals surface area contributed by atoms with Crippen LogP contribution in [0, 0.1) is 6.92 Å². The highest BCUT2D eigenvalue weighted by molar-refractivity contribution is 5.80. The molecule has 3 N–H and O–H groups in total. The van der Waals surface area contributed by atoms with Crippen LogP contribution in [0.15, 0.2) is 23.0 Å². The number of aryl methyl sites for hydroxylation is 1. The molecule has 6 nitrogen and oxygen atoms in total. The molecule has 0 saturated heterocycles. The Labute approximate surface area is 89.8 Å². The number of aromatic amines is 1. The molecule has 0 aliphatic rings. The maximum atomic E-state index is 11.7. The van der Waals surface area contributed by atoms with Gasteiger partial charge in [-0.1, -0.05) is 6.07 Å². The van der Waals surface area contributed by atoms with E-state index in [9.17, 15) is 4.79 Å². The van der Waals surface area contributed by atoms with E-state index >= 15 is 0 Å². The van der Waals surface area contributed by atoms with Crippen molar-refractivity contribution in [3.8, 4) is 0 Å². The average Bonchev–Trinajstić information content (AvgIpc) is 2.54. The van der Waals surface area contributed by atoms with Crippen LogP contribution in [-0.2, 0) is 0 Å². The highest BCUT2D eigenvalue weighted by Crippen LogP contribution is 2.15. The molecule has 3 rings (SSSR count). The van der Waals surface area contributed by atoms with Gasteiger partial charge in [0.15, 0.2) is 0 Å². The van der Waals surface area contributed by atoms with Crippen LogP contribution in [-0.4, -0.2) is 19.4 Å². The first-order valence-electron chi connectivity index (χ1n) is 4.80. The molecule has 0 aliphatic heterocycles. The van der Waals surface area contributed by atoms with Crippen LogP contribution in [0.2, 0.25) is 0 Å². The number of H-pyrrole nitrogens is 1. The summed E-state index contributed by atoms with van der Waals surface area (Å²) in [5.41, 5.74) is 7.69. The molecule has 0 amide bonds. The Bertz CT molecular complexity index is 755. The van der Waals surface area contributed by atoms with Crippen molar-refractivity contribution in [3.63, 3.8) is 0 Å². The summed E-state index contributed by atoms with van der Waals surface area (Å²) >= 11 is 0. The van der Waals surface area contributed by atoms with E-state index in [4.69, 9.17) is 5.73 Å². The average molecular weight is 215 g/mol. The van der Waals surface area contributed by atoms with Gasteiger partial charge in [0.25, 0.3) is 0 Å². The van der Waals surface area contributed by atoms with Gasteiger partial charge in [-0.15, -0.1) is 0 Å². The third kappa shape index (κ3) is 1.10. The van der Waals surface area contributed by atoms with Gasteiger partial charge in [-0.05, 0) is 24.6 Å². The predicted molar refractivity (Wildman–Crippen MR) is 60.3 cm³/mol. The number of nitrogens with one attached hydrogen (secondary N) is 1. The number of nitrogens with zero attached hydrogens (tertiary/aromatic N) is 3. The molecule has 0 unspecified atom stereocenters. The van der Waals surface area contributed by atoms with E-state index in [-0.39, 0.29) is 11.6 Å². The third-order valence-corrected chi connectivity index (χ3v) is 2.45. The largest absolute Gasteiger partial charge is 0.369 e. The number of hydrogen-bond donors (Lipinski definition) is 2. The molecule has 0 atom stereocenters. The number of imidazole rings is 1. The molecule has 80 valence electrons. The van der Waals surface area contributed by atoms with Gasteiger partial charge in [-0.2, -0.15) is 4.98 Å². The number of aromatic nitrogens is 4. The zero-order valence-electron chi connectivity index (χ0n) is 8.56. The summed E-state index contributed by atoms with van der Waals surface area (Å²) in [6, 6.07) is 5.67. The standard InChI is InChI=1S/C10H9N5O/c1-5-2-3-7-6(4-5)12-9-13-8(11)14-10(16)15(7)9/h2-4H,1H3,(H3,11,12,13,14,16). The molecular weight excluding hydrogens is 206 g/mol. The third-order valence-electron chi connectivity index (χ3n) is 2.45. The summed E-state index contributed by atoms with van der Waals surface area (Å²) in [4.78, 5) is 22.4. The minimum absolute atomic E-state index is 0.0736. The van der Waals surface area contributed by atoms with Crippen molar-refractivity contribution in [3.05, 3.63) is 34.2 Å². The Balaban J connectivity index is 2.61. The van der Waals surface area contributed by atoms with Crippen LogP contribution in [0.3, 0.4) is 0 Å². The lowest BCUT2D eigenvalue weighted by molar-refractivity contribution is 0.976. The van der Waals surface area contributed by atoms with Gasteiger partial charge in [-0.25, -0.2) is 14.2 Å². The van der Waals surface area contributed by atoms with Crippen molar-refractivity contribution in [2.24, 2.45) is 0 Å². The van der Waals surface area contributed by atoms with Gasteiger partial charge in [0, 0.05) is 0 Å². The van der Waals surface area contributed by atoms with Gasteiger partial charge >= 0.3 is 5.69 Å². The van der Waals surface area contributed by atoms with Crippen molar-refractivity contribution < 1.29 is 0 Å². The number of nitrogen functional groups attached to an aromatic ring is 1. The fraction of sp³-hybridized carbons (Fsp3) is 0.100. The van der Waals surface area contributed by atoms with Crippen LogP contribution in [0.4, 0.5) is 5.95 Å². The SMILES string of the molecule is Cc1ccc2c(c1)nc1nc(N)[nH]c(=O)n12. The molecule has 3 aromatic rings. The molecule has 0 spiro atoms. The number of hydrogen-bond acceptors (Lipinski definition) is 4. The van der Waals surface area contributed by atoms with Crippen LogP contribution in [0.25, 0.3) is 16.8 Å². The first-order valence-corrected chi connectivity index (χ1v) is 4.80. The number of nitrogens with two attached hydrogens (primary N) is 1. The predicted octanol–water partition coefficient (Wildman–Crippen LogP) is 0.461. The second-order valence-corrected chi connectivity index (χ2v) is 3.67. The summed E-state index contributed by atoms with van der Waals surface area (Å²) in [5.74, 6) is 0.395. The zero-order valence-corrected chi connectivity index (χ0v) is 8.56. The van der Waals surface area contributed by atoms with E-state index in [1.165, 1.54) is 4.40 Å². The van der Waals surface area contributed by atoms with Crippen LogP contribution in [0.5, 0.6) is 0 Å². The fourth-order valence-electron chi connectivity index (χ4n) is 1.75. The first-order chi connectivity index (χ1) is 7.65. The maximum Gasteiger partial charge on any atom is 0.335 e. The topological polar surface area (TPSA) is 89.1 Å². The Hall–Kier alpha value is -2.37. The molecule has 2 heterocycles.